The Morgan fingerprint density at radius 2 is 1.87 bits per heavy atom. The standard InChI is InChI=1S/C30H34ClFN2O5/c1-29(33,17-37-3)20-15-24(18-5-9-23(32)22(31)13-18)34-28(16-20)30(2,36)12-11-25(35)19-6-10-26(27(14-19)38-4)39-21-7-8-21/h5-6,9-10,13-16,21,36H,7-8,11-12,17,33H2,1-4H3. The molecule has 2 unspecified atom stereocenters. The van der Waals surface area contributed by atoms with Gasteiger partial charge in [0.25, 0.3) is 0 Å². The van der Waals surface area contributed by atoms with Crippen LogP contribution in [0.1, 0.15) is 61.1 Å². The summed E-state index contributed by atoms with van der Waals surface area (Å²) in [6.45, 7) is 3.62. The van der Waals surface area contributed by atoms with E-state index >= 15 is 0 Å². The molecule has 7 nitrogen and oxygen atoms in total. The summed E-state index contributed by atoms with van der Waals surface area (Å²) in [7, 11) is 3.09. The number of Topliss-reactive ketones (excluding diaryl/α,β-unsaturated/α-hetero) is 1. The van der Waals surface area contributed by atoms with Crippen LogP contribution in [-0.4, -0.2) is 42.8 Å². The fourth-order valence-electron chi connectivity index (χ4n) is 4.26. The number of aromatic nitrogens is 1. The van der Waals surface area contributed by atoms with Gasteiger partial charge in [-0.1, -0.05) is 11.6 Å². The average Bonchev–Trinajstić information content (AvgIpc) is 3.73. The quantitative estimate of drug-likeness (QED) is 0.272. The first kappa shape index (κ1) is 29.0. The topological polar surface area (TPSA) is 104 Å². The summed E-state index contributed by atoms with van der Waals surface area (Å²) >= 11 is 6.02. The molecule has 1 fully saturated rings. The third kappa shape index (κ3) is 6.94. The molecule has 1 saturated carbocycles. The van der Waals surface area contributed by atoms with Crippen molar-refractivity contribution in [3.05, 3.63) is 76.2 Å². The average molecular weight is 557 g/mol. The minimum absolute atomic E-state index is 0.0463. The second-order valence-electron chi connectivity index (χ2n) is 10.5. The van der Waals surface area contributed by atoms with Gasteiger partial charge in [-0.2, -0.15) is 0 Å². The molecule has 0 spiro atoms. The molecule has 1 aliphatic rings. The van der Waals surface area contributed by atoms with Crippen molar-refractivity contribution in [3.8, 4) is 22.8 Å². The number of ketones is 1. The highest BCUT2D eigenvalue weighted by Crippen LogP contribution is 2.36. The number of halogens is 2. The summed E-state index contributed by atoms with van der Waals surface area (Å²) in [4.78, 5) is 17.8. The Morgan fingerprint density at radius 3 is 2.51 bits per heavy atom. The summed E-state index contributed by atoms with van der Waals surface area (Å²) in [6, 6.07) is 12.9. The minimum atomic E-state index is -1.48. The van der Waals surface area contributed by atoms with Gasteiger partial charge in [0.2, 0.25) is 0 Å². The van der Waals surface area contributed by atoms with Crippen LogP contribution >= 0.6 is 11.6 Å². The fraction of sp³-hybridized carbons (Fsp3) is 0.400. The highest BCUT2D eigenvalue weighted by atomic mass is 35.5. The second kappa shape index (κ2) is 11.6. The monoisotopic (exact) mass is 556 g/mol. The Hall–Kier alpha value is -3.04. The van der Waals surface area contributed by atoms with Crippen molar-refractivity contribution < 1.29 is 28.5 Å². The number of carbonyl (C=O) groups is 1. The number of rotatable bonds is 12. The van der Waals surface area contributed by atoms with Crippen LogP contribution in [0.4, 0.5) is 4.39 Å². The van der Waals surface area contributed by atoms with Gasteiger partial charge in [0, 0.05) is 24.7 Å². The molecule has 1 aliphatic carbocycles. The summed E-state index contributed by atoms with van der Waals surface area (Å²) in [5, 5.41) is 11.5. The molecule has 2 aromatic carbocycles. The molecule has 4 rings (SSSR count). The Morgan fingerprint density at radius 1 is 1.13 bits per heavy atom. The van der Waals surface area contributed by atoms with Gasteiger partial charge in [0.15, 0.2) is 17.3 Å². The molecular formula is C30H34ClFN2O5. The molecule has 0 amide bonds. The van der Waals surface area contributed by atoms with Crippen molar-refractivity contribution in [1.29, 1.82) is 0 Å². The maximum absolute atomic E-state index is 13.8. The van der Waals surface area contributed by atoms with E-state index in [0.717, 1.165) is 12.8 Å². The number of methoxy groups -OCH3 is 2. The van der Waals surface area contributed by atoms with Gasteiger partial charge < -0.3 is 25.1 Å². The second-order valence-corrected chi connectivity index (χ2v) is 10.9. The number of ether oxygens (including phenoxy) is 3. The highest BCUT2D eigenvalue weighted by Gasteiger charge is 2.31. The predicted molar refractivity (Wildman–Crippen MR) is 148 cm³/mol. The maximum Gasteiger partial charge on any atom is 0.163 e. The van der Waals surface area contributed by atoms with Crippen molar-refractivity contribution >= 4 is 17.4 Å². The van der Waals surface area contributed by atoms with Gasteiger partial charge in [-0.15, -0.1) is 0 Å². The zero-order valence-corrected chi connectivity index (χ0v) is 23.3. The van der Waals surface area contributed by atoms with Gasteiger partial charge >= 0.3 is 0 Å². The van der Waals surface area contributed by atoms with Gasteiger partial charge in [0.1, 0.15) is 11.4 Å². The van der Waals surface area contributed by atoms with E-state index in [1.165, 1.54) is 19.2 Å². The first-order valence-electron chi connectivity index (χ1n) is 12.8. The van der Waals surface area contributed by atoms with Crippen LogP contribution in [0.15, 0.2) is 48.5 Å². The third-order valence-electron chi connectivity index (χ3n) is 6.84. The molecule has 3 aromatic rings. The number of hydrogen-bond donors (Lipinski definition) is 2. The molecule has 2 atom stereocenters. The third-order valence-corrected chi connectivity index (χ3v) is 7.13. The molecule has 3 N–H and O–H groups in total. The van der Waals surface area contributed by atoms with E-state index in [1.54, 1.807) is 57.4 Å². The van der Waals surface area contributed by atoms with E-state index in [9.17, 15) is 14.3 Å². The van der Waals surface area contributed by atoms with Crippen molar-refractivity contribution in [2.75, 3.05) is 20.8 Å². The van der Waals surface area contributed by atoms with Crippen molar-refractivity contribution in [1.82, 2.24) is 4.98 Å². The molecular weight excluding hydrogens is 523 g/mol. The van der Waals surface area contributed by atoms with Gasteiger partial charge in [0.05, 0.1) is 41.8 Å². The Bertz CT molecular complexity index is 1360. The van der Waals surface area contributed by atoms with Gasteiger partial charge in [-0.05, 0) is 87.2 Å². The van der Waals surface area contributed by atoms with Gasteiger partial charge in [-0.3, -0.25) is 4.79 Å². The summed E-state index contributed by atoms with van der Waals surface area (Å²) in [6.07, 6.45) is 2.38. The molecule has 208 valence electrons. The van der Waals surface area contributed by atoms with E-state index in [1.807, 2.05) is 0 Å². The lowest BCUT2D eigenvalue weighted by Crippen LogP contribution is -2.38. The number of pyridine rings is 1. The zero-order chi connectivity index (χ0) is 28.4. The highest BCUT2D eigenvalue weighted by molar-refractivity contribution is 6.31. The Kier molecular flexibility index (Phi) is 8.61. The van der Waals surface area contributed by atoms with E-state index in [-0.39, 0.29) is 36.4 Å². The van der Waals surface area contributed by atoms with Crippen LogP contribution in [0.2, 0.25) is 5.02 Å². The van der Waals surface area contributed by atoms with Crippen molar-refractivity contribution in [3.63, 3.8) is 0 Å². The Balaban J connectivity index is 1.60. The van der Waals surface area contributed by atoms with E-state index in [2.05, 4.69) is 4.98 Å². The molecule has 0 bridgehead atoms. The molecule has 0 aliphatic heterocycles. The van der Waals surface area contributed by atoms with Gasteiger partial charge in [-0.25, -0.2) is 9.37 Å². The lowest BCUT2D eigenvalue weighted by molar-refractivity contribution is 0.0395. The maximum atomic E-state index is 13.8. The van der Waals surface area contributed by atoms with Crippen LogP contribution in [0.3, 0.4) is 0 Å². The molecule has 1 heterocycles. The number of nitrogens with two attached hydrogens (primary N) is 1. The minimum Gasteiger partial charge on any atom is -0.493 e. The fourth-order valence-corrected chi connectivity index (χ4v) is 4.44. The van der Waals surface area contributed by atoms with Crippen LogP contribution in [-0.2, 0) is 15.9 Å². The first-order chi connectivity index (χ1) is 18.4. The predicted octanol–water partition coefficient (Wildman–Crippen LogP) is 5.78. The van der Waals surface area contributed by atoms with Crippen LogP contribution in [0.5, 0.6) is 11.5 Å². The number of carbonyl (C=O) groups excluding carboxylic acids is 1. The van der Waals surface area contributed by atoms with Crippen LogP contribution in [0, 0.1) is 5.82 Å². The normalized spacial score (nSPS) is 16.3. The smallest absolute Gasteiger partial charge is 0.163 e. The first-order valence-corrected chi connectivity index (χ1v) is 13.2. The van der Waals surface area contributed by atoms with Crippen LogP contribution < -0.4 is 15.2 Å². The Labute approximate surface area is 233 Å². The van der Waals surface area contributed by atoms with Crippen LogP contribution in [0.25, 0.3) is 11.3 Å². The molecule has 0 saturated heterocycles. The number of nitrogens with zero attached hydrogens (tertiary/aromatic N) is 1. The molecule has 0 radical (unpaired) electrons. The van der Waals surface area contributed by atoms with Crippen molar-refractivity contribution in [2.45, 2.75) is 56.8 Å². The molecule has 1 aromatic heterocycles. The SMILES string of the molecule is COCC(C)(N)c1cc(-c2ccc(F)c(Cl)c2)nc(C(C)(O)CCC(=O)c2ccc(OC3CC3)c(OC)c2)c1. The molecule has 39 heavy (non-hydrogen) atoms. The number of benzene rings is 2. The van der Waals surface area contributed by atoms with Crippen molar-refractivity contribution in [2.24, 2.45) is 5.73 Å². The summed E-state index contributed by atoms with van der Waals surface area (Å²) < 4.78 is 30.4. The zero-order valence-electron chi connectivity index (χ0n) is 22.6. The molecule has 9 heteroatoms. The lowest BCUT2D eigenvalue weighted by atomic mass is 9.87. The number of aliphatic hydroxyl groups is 1. The summed E-state index contributed by atoms with van der Waals surface area (Å²) in [5.41, 5.74) is 6.61. The van der Waals surface area contributed by atoms with E-state index < -0.39 is 17.0 Å². The lowest BCUT2D eigenvalue weighted by Gasteiger charge is -2.29. The number of hydrogen-bond acceptors (Lipinski definition) is 7. The largest absolute Gasteiger partial charge is 0.493 e. The van der Waals surface area contributed by atoms with E-state index in [4.69, 9.17) is 31.5 Å². The van der Waals surface area contributed by atoms with E-state index in [0.29, 0.717) is 39.6 Å². The summed E-state index contributed by atoms with van der Waals surface area (Å²) in [5.74, 6) is 0.404.